The standard InChI is InChI=1S/C13H20O2.C7H8/c1-5-11(14)15-10-8-9-6-7-13(10,4)12(9,2)3;1-7-5-3-2-4-6-7/h5,9-10H,1,6-8H2,2-4H3;2-6H,1H3/t9-,10+,13-;/m1./s1. The van der Waals surface area contributed by atoms with Crippen molar-refractivity contribution in [1.29, 1.82) is 0 Å². The molecule has 0 amide bonds. The maximum atomic E-state index is 11.3. The summed E-state index contributed by atoms with van der Waals surface area (Å²) in [6.07, 6.45) is 4.85. The molecule has 2 bridgehead atoms. The van der Waals surface area contributed by atoms with Crippen LogP contribution in [-0.4, -0.2) is 12.1 Å². The predicted molar refractivity (Wildman–Crippen MR) is 90.5 cm³/mol. The van der Waals surface area contributed by atoms with Gasteiger partial charge >= 0.3 is 5.97 Å². The van der Waals surface area contributed by atoms with Gasteiger partial charge in [0, 0.05) is 11.5 Å². The van der Waals surface area contributed by atoms with E-state index < -0.39 is 0 Å². The summed E-state index contributed by atoms with van der Waals surface area (Å²) in [7, 11) is 0. The molecule has 2 saturated carbocycles. The van der Waals surface area contributed by atoms with E-state index in [0.29, 0.717) is 11.3 Å². The summed E-state index contributed by atoms with van der Waals surface area (Å²) in [6.45, 7) is 12.4. The number of benzene rings is 1. The summed E-state index contributed by atoms with van der Waals surface area (Å²) in [4.78, 5) is 11.3. The Kier molecular flexibility index (Phi) is 4.79. The van der Waals surface area contributed by atoms with Gasteiger partial charge in [0.1, 0.15) is 6.10 Å². The molecule has 0 aromatic heterocycles. The van der Waals surface area contributed by atoms with E-state index in [0.717, 1.165) is 6.42 Å². The number of rotatable bonds is 2. The third kappa shape index (κ3) is 2.97. The lowest BCUT2D eigenvalue weighted by Crippen LogP contribution is -2.38. The van der Waals surface area contributed by atoms with E-state index in [-0.39, 0.29) is 17.5 Å². The van der Waals surface area contributed by atoms with Gasteiger partial charge < -0.3 is 4.74 Å². The third-order valence-electron chi connectivity index (χ3n) is 6.08. The average Bonchev–Trinajstić information content (AvgIpc) is 2.82. The molecule has 2 nitrogen and oxygen atoms in total. The van der Waals surface area contributed by atoms with Crippen LogP contribution in [-0.2, 0) is 9.53 Å². The summed E-state index contributed by atoms with van der Waals surface area (Å²) in [5, 5.41) is 0. The number of fused-ring (bicyclic) bond motifs is 2. The van der Waals surface area contributed by atoms with Crippen molar-refractivity contribution in [3.05, 3.63) is 48.6 Å². The first-order valence-corrected chi connectivity index (χ1v) is 8.16. The Labute approximate surface area is 134 Å². The van der Waals surface area contributed by atoms with E-state index in [2.05, 4.69) is 46.4 Å². The second kappa shape index (κ2) is 6.28. The first-order valence-electron chi connectivity index (χ1n) is 8.16. The predicted octanol–water partition coefficient (Wildman–Crippen LogP) is 4.93. The number of aryl methyl sites for hydroxylation is 1. The SMILES string of the molecule is C=CC(=O)O[C@H]1C[C@H]2CC[C@@]1(C)C2(C)C.Cc1ccccc1. The van der Waals surface area contributed by atoms with Crippen molar-refractivity contribution in [2.75, 3.05) is 0 Å². The van der Waals surface area contributed by atoms with Gasteiger partial charge in [-0.1, -0.05) is 63.2 Å². The summed E-state index contributed by atoms with van der Waals surface area (Å²) in [5.74, 6) is 0.440. The van der Waals surface area contributed by atoms with Crippen molar-refractivity contribution < 1.29 is 9.53 Å². The molecule has 0 N–H and O–H groups in total. The van der Waals surface area contributed by atoms with Crippen molar-refractivity contribution in [1.82, 2.24) is 0 Å². The second-order valence-corrected chi connectivity index (χ2v) is 7.39. The zero-order valence-corrected chi connectivity index (χ0v) is 14.3. The molecule has 0 heterocycles. The largest absolute Gasteiger partial charge is 0.459 e. The molecule has 120 valence electrons. The first kappa shape index (κ1) is 16.8. The highest BCUT2D eigenvalue weighted by Crippen LogP contribution is 2.66. The van der Waals surface area contributed by atoms with Gasteiger partial charge in [0.05, 0.1) is 0 Å². The molecule has 0 aliphatic heterocycles. The molecule has 2 aliphatic carbocycles. The summed E-state index contributed by atoms with van der Waals surface area (Å²) in [5.41, 5.74) is 1.79. The van der Waals surface area contributed by atoms with Gasteiger partial charge in [-0.2, -0.15) is 0 Å². The molecule has 0 radical (unpaired) electrons. The minimum absolute atomic E-state index is 0.0942. The monoisotopic (exact) mass is 300 g/mol. The molecule has 22 heavy (non-hydrogen) atoms. The number of carbonyl (C=O) groups is 1. The van der Waals surface area contributed by atoms with Gasteiger partial charge in [0.25, 0.3) is 0 Å². The Hall–Kier alpha value is -1.57. The Balaban J connectivity index is 0.000000211. The van der Waals surface area contributed by atoms with E-state index >= 15 is 0 Å². The van der Waals surface area contributed by atoms with E-state index in [1.807, 2.05) is 18.2 Å². The van der Waals surface area contributed by atoms with E-state index in [1.54, 1.807) is 0 Å². The van der Waals surface area contributed by atoms with Crippen LogP contribution in [0.1, 0.15) is 45.6 Å². The second-order valence-electron chi connectivity index (χ2n) is 7.39. The molecular formula is C20H28O2. The van der Waals surface area contributed by atoms with Gasteiger partial charge in [-0.25, -0.2) is 4.79 Å². The van der Waals surface area contributed by atoms with Gasteiger partial charge in [0.2, 0.25) is 0 Å². The fraction of sp³-hybridized carbons (Fsp3) is 0.550. The van der Waals surface area contributed by atoms with Crippen LogP contribution in [0, 0.1) is 23.7 Å². The van der Waals surface area contributed by atoms with Crippen LogP contribution in [0.15, 0.2) is 43.0 Å². The normalized spacial score (nSPS) is 31.1. The van der Waals surface area contributed by atoms with E-state index in [1.165, 1.54) is 24.5 Å². The Morgan fingerprint density at radius 1 is 1.27 bits per heavy atom. The maximum absolute atomic E-state index is 11.3. The van der Waals surface area contributed by atoms with E-state index in [9.17, 15) is 4.79 Å². The zero-order valence-electron chi connectivity index (χ0n) is 14.3. The van der Waals surface area contributed by atoms with E-state index in [4.69, 9.17) is 4.74 Å². The Bertz CT molecular complexity index is 532. The molecule has 0 spiro atoms. The molecule has 0 unspecified atom stereocenters. The average molecular weight is 300 g/mol. The molecule has 1 aromatic rings. The third-order valence-corrected chi connectivity index (χ3v) is 6.08. The molecule has 2 aliphatic rings. The summed E-state index contributed by atoms with van der Waals surface area (Å²) < 4.78 is 5.48. The number of ether oxygens (including phenoxy) is 1. The number of hydrogen-bond donors (Lipinski definition) is 0. The van der Waals surface area contributed by atoms with Crippen LogP contribution in [0.3, 0.4) is 0 Å². The van der Waals surface area contributed by atoms with Gasteiger partial charge in [-0.05, 0) is 37.5 Å². The molecule has 3 atom stereocenters. The zero-order chi connectivity index (χ0) is 16.4. The van der Waals surface area contributed by atoms with Crippen LogP contribution in [0.2, 0.25) is 0 Å². The fourth-order valence-corrected chi connectivity index (χ4v) is 4.03. The van der Waals surface area contributed by atoms with Crippen molar-refractivity contribution in [3.8, 4) is 0 Å². The van der Waals surface area contributed by atoms with Crippen molar-refractivity contribution in [2.45, 2.75) is 53.1 Å². The lowest BCUT2D eigenvalue weighted by molar-refractivity contribution is -0.150. The van der Waals surface area contributed by atoms with Gasteiger partial charge in [-0.15, -0.1) is 0 Å². The van der Waals surface area contributed by atoms with Crippen LogP contribution in [0.5, 0.6) is 0 Å². The minimum Gasteiger partial charge on any atom is -0.459 e. The summed E-state index contributed by atoms with van der Waals surface area (Å²) >= 11 is 0. The maximum Gasteiger partial charge on any atom is 0.330 e. The number of carbonyl (C=O) groups excluding carboxylic acids is 1. The van der Waals surface area contributed by atoms with Gasteiger partial charge in [0.15, 0.2) is 0 Å². The highest BCUT2D eigenvalue weighted by Gasteiger charge is 2.62. The van der Waals surface area contributed by atoms with Crippen LogP contribution in [0.25, 0.3) is 0 Å². The highest BCUT2D eigenvalue weighted by molar-refractivity contribution is 5.81. The number of esters is 1. The van der Waals surface area contributed by atoms with Crippen molar-refractivity contribution >= 4 is 5.97 Å². The summed E-state index contributed by atoms with van der Waals surface area (Å²) in [6, 6.07) is 10.3. The molecular weight excluding hydrogens is 272 g/mol. The smallest absolute Gasteiger partial charge is 0.330 e. The highest BCUT2D eigenvalue weighted by atomic mass is 16.5. The number of hydrogen-bond acceptors (Lipinski definition) is 2. The first-order chi connectivity index (χ1) is 10.3. The lowest BCUT2D eigenvalue weighted by atomic mass is 9.70. The Morgan fingerprint density at radius 3 is 2.27 bits per heavy atom. The lowest BCUT2D eigenvalue weighted by Gasteiger charge is -2.38. The molecule has 3 rings (SSSR count). The van der Waals surface area contributed by atoms with Gasteiger partial charge in [-0.3, -0.25) is 0 Å². The topological polar surface area (TPSA) is 26.3 Å². The van der Waals surface area contributed by atoms with Crippen molar-refractivity contribution in [3.63, 3.8) is 0 Å². The Morgan fingerprint density at radius 2 is 1.91 bits per heavy atom. The quantitative estimate of drug-likeness (QED) is 0.572. The van der Waals surface area contributed by atoms with Crippen LogP contribution >= 0.6 is 0 Å². The molecule has 1 aromatic carbocycles. The molecule has 2 heteroatoms. The van der Waals surface area contributed by atoms with Crippen molar-refractivity contribution in [2.24, 2.45) is 16.7 Å². The molecule has 0 saturated heterocycles. The molecule has 2 fully saturated rings. The van der Waals surface area contributed by atoms with Crippen LogP contribution < -0.4 is 0 Å². The fourth-order valence-electron chi connectivity index (χ4n) is 4.03. The minimum atomic E-state index is -0.274. The van der Waals surface area contributed by atoms with Crippen LogP contribution in [0.4, 0.5) is 0 Å².